The van der Waals surface area contributed by atoms with E-state index in [9.17, 15) is 0 Å². The quantitative estimate of drug-likeness (QED) is 0.784. The van der Waals surface area contributed by atoms with Crippen LogP contribution in [0, 0.1) is 0 Å². The van der Waals surface area contributed by atoms with Gasteiger partial charge in [0.15, 0.2) is 0 Å². The summed E-state index contributed by atoms with van der Waals surface area (Å²) in [5, 5.41) is 5.02. The maximum Gasteiger partial charge on any atom is 0.229 e. The summed E-state index contributed by atoms with van der Waals surface area (Å²) in [4.78, 5) is 11.6. The van der Waals surface area contributed by atoms with Crippen molar-refractivity contribution in [1.82, 2.24) is 9.97 Å². The molecule has 0 atom stereocenters. The summed E-state index contributed by atoms with van der Waals surface area (Å²) < 4.78 is 5.46. The van der Waals surface area contributed by atoms with Crippen LogP contribution < -0.4 is 10.2 Å². The fourth-order valence-corrected chi connectivity index (χ4v) is 2.92. The zero-order valence-electron chi connectivity index (χ0n) is 13.1. The Morgan fingerprint density at radius 1 is 0.958 bits per heavy atom. The lowest BCUT2D eigenvalue weighted by molar-refractivity contribution is 0.122. The lowest BCUT2D eigenvalue weighted by Gasteiger charge is -2.29. The molecular weight excluding hydrogens is 324 g/mol. The summed E-state index contributed by atoms with van der Waals surface area (Å²) in [6.45, 7) is 3.11. The van der Waals surface area contributed by atoms with E-state index in [1.54, 1.807) is 0 Å². The maximum absolute atomic E-state index is 5.94. The Balaban J connectivity index is 1.74. The number of fused-ring (bicyclic) bond motifs is 1. The molecule has 1 aliphatic rings. The van der Waals surface area contributed by atoms with Gasteiger partial charge in [-0.15, -0.1) is 0 Å². The van der Waals surface area contributed by atoms with Gasteiger partial charge in [0, 0.05) is 29.2 Å². The molecule has 4 rings (SSSR count). The average molecular weight is 341 g/mol. The van der Waals surface area contributed by atoms with Crippen LogP contribution in [-0.2, 0) is 4.74 Å². The summed E-state index contributed by atoms with van der Waals surface area (Å²) in [5.41, 5.74) is 1.83. The van der Waals surface area contributed by atoms with Gasteiger partial charge in [-0.05, 0) is 36.4 Å². The molecule has 1 aromatic heterocycles. The number of hydrogen-bond acceptors (Lipinski definition) is 5. The maximum atomic E-state index is 5.94. The number of morpholine rings is 1. The highest BCUT2D eigenvalue weighted by Crippen LogP contribution is 2.27. The Bertz CT molecular complexity index is 847. The first-order chi connectivity index (χ1) is 11.8. The summed E-state index contributed by atoms with van der Waals surface area (Å²) in [5.74, 6) is 1.53. The summed E-state index contributed by atoms with van der Waals surface area (Å²) >= 11 is 5.94. The van der Waals surface area contributed by atoms with Gasteiger partial charge in [0.05, 0.1) is 18.7 Å². The molecule has 0 saturated carbocycles. The SMILES string of the molecule is Clc1ccc(Nc2nc(N3CCOCC3)c3ccccc3n2)cc1. The molecule has 0 aliphatic carbocycles. The third-order valence-electron chi connectivity index (χ3n) is 3.99. The van der Waals surface area contributed by atoms with E-state index in [1.165, 1.54) is 0 Å². The molecule has 0 amide bonds. The van der Waals surface area contributed by atoms with Crippen molar-refractivity contribution in [2.75, 3.05) is 36.5 Å². The van der Waals surface area contributed by atoms with Crippen LogP contribution in [0.2, 0.25) is 5.02 Å². The van der Waals surface area contributed by atoms with Gasteiger partial charge in [0.25, 0.3) is 0 Å². The Morgan fingerprint density at radius 3 is 2.50 bits per heavy atom. The first kappa shape index (κ1) is 15.2. The largest absolute Gasteiger partial charge is 0.378 e. The number of rotatable bonds is 3. The summed E-state index contributed by atoms with van der Waals surface area (Å²) in [6, 6.07) is 15.6. The van der Waals surface area contributed by atoms with Gasteiger partial charge in [0.1, 0.15) is 5.82 Å². The van der Waals surface area contributed by atoms with Gasteiger partial charge in [-0.3, -0.25) is 0 Å². The van der Waals surface area contributed by atoms with Crippen LogP contribution >= 0.6 is 11.6 Å². The minimum Gasteiger partial charge on any atom is -0.378 e. The molecule has 24 heavy (non-hydrogen) atoms. The van der Waals surface area contributed by atoms with Crippen LogP contribution in [0.25, 0.3) is 10.9 Å². The average Bonchev–Trinajstić information content (AvgIpc) is 2.64. The number of para-hydroxylation sites is 1. The molecule has 1 aliphatic heterocycles. The highest BCUT2D eigenvalue weighted by molar-refractivity contribution is 6.30. The van der Waals surface area contributed by atoms with E-state index < -0.39 is 0 Å². The molecule has 0 spiro atoms. The van der Waals surface area contributed by atoms with E-state index in [0.29, 0.717) is 11.0 Å². The molecule has 122 valence electrons. The highest BCUT2D eigenvalue weighted by Gasteiger charge is 2.17. The van der Waals surface area contributed by atoms with Gasteiger partial charge in [-0.2, -0.15) is 4.98 Å². The van der Waals surface area contributed by atoms with E-state index >= 15 is 0 Å². The molecule has 1 saturated heterocycles. The molecule has 2 aromatic carbocycles. The van der Waals surface area contributed by atoms with Crippen LogP contribution in [0.1, 0.15) is 0 Å². The van der Waals surface area contributed by atoms with Gasteiger partial charge >= 0.3 is 0 Å². The number of anilines is 3. The number of nitrogens with one attached hydrogen (secondary N) is 1. The first-order valence-corrected chi connectivity index (χ1v) is 8.29. The third-order valence-corrected chi connectivity index (χ3v) is 4.25. The Labute approximate surface area is 145 Å². The lowest BCUT2D eigenvalue weighted by atomic mass is 10.2. The molecule has 0 unspecified atom stereocenters. The number of ether oxygens (including phenoxy) is 1. The zero-order chi connectivity index (χ0) is 16.4. The molecule has 3 aromatic rings. The molecule has 6 heteroatoms. The standard InChI is InChI=1S/C18H17ClN4O/c19-13-5-7-14(8-6-13)20-18-21-16-4-2-1-3-15(16)17(22-18)23-9-11-24-12-10-23/h1-8H,9-12H2,(H,20,21,22). The predicted molar refractivity (Wildman–Crippen MR) is 97.3 cm³/mol. The summed E-state index contributed by atoms with van der Waals surface area (Å²) in [6.07, 6.45) is 0. The Kier molecular flexibility index (Phi) is 4.19. The van der Waals surface area contributed by atoms with Crippen LogP contribution in [-0.4, -0.2) is 36.3 Å². The van der Waals surface area contributed by atoms with Crippen molar-refractivity contribution in [3.8, 4) is 0 Å². The van der Waals surface area contributed by atoms with Crippen LogP contribution in [0.15, 0.2) is 48.5 Å². The van der Waals surface area contributed by atoms with Crippen molar-refractivity contribution in [1.29, 1.82) is 0 Å². The Morgan fingerprint density at radius 2 is 1.71 bits per heavy atom. The monoisotopic (exact) mass is 340 g/mol. The molecule has 2 heterocycles. The first-order valence-electron chi connectivity index (χ1n) is 7.92. The minimum absolute atomic E-state index is 0.581. The fraction of sp³-hybridized carbons (Fsp3) is 0.222. The summed E-state index contributed by atoms with van der Waals surface area (Å²) in [7, 11) is 0. The van der Waals surface area contributed by atoms with Crippen molar-refractivity contribution >= 4 is 40.0 Å². The third kappa shape index (κ3) is 3.13. The van der Waals surface area contributed by atoms with E-state index in [2.05, 4.69) is 21.3 Å². The predicted octanol–water partition coefficient (Wildman–Crippen LogP) is 3.86. The number of halogens is 1. The Hall–Kier alpha value is -2.37. The van der Waals surface area contributed by atoms with E-state index in [-0.39, 0.29) is 0 Å². The van der Waals surface area contributed by atoms with E-state index in [1.807, 2.05) is 42.5 Å². The topological polar surface area (TPSA) is 50.3 Å². The molecular formula is C18H17ClN4O. The number of nitrogens with zero attached hydrogens (tertiary/aromatic N) is 3. The second-order valence-corrected chi connectivity index (χ2v) is 6.06. The van der Waals surface area contributed by atoms with Gasteiger partial charge in [-0.25, -0.2) is 4.98 Å². The number of hydrogen-bond donors (Lipinski definition) is 1. The molecule has 1 N–H and O–H groups in total. The molecule has 0 radical (unpaired) electrons. The smallest absolute Gasteiger partial charge is 0.229 e. The molecule has 5 nitrogen and oxygen atoms in total. The second kappa shape index (κ2) is 6.63. The molecule has 0 bridgehead atoms. The van der Waals surface area contributed by atoms with E-state index in [0.717, 1.165) is 48.7 Å². The van der Waals surface area contributed by atoms with Gasteiger partial charge in [-0.1, -0.05) is 23.7 Å². The van der Waals surface area contributed by atoms with Crippen molar-refractivity contribution in [2.24, 2.45) is 0 Å². The zero-order valence-corrected chi connectivity index (χ0v) is 13.8. The number of aromatic nitrogens is 2. The van der Waals surface area contributed by atoms with E-state index in [4.69, 9.17) is 21.3 Å². The fourth-order valence-electron chi connectivity index (χ4n) is 2.79. The lowest BCUT2D eigenvalue weighted by Crippen LogP contribution is -2.37. The number of benzene rings is 2. The van der Waals surface area contributed by atoms with Crippen molar-refractivity contribution < 1.29 is 4.74 Å². The van der Waals surface area contributed by atoms with Crippen LogP contribution in [0.3, 0.4) is 0 Å². The van der Waals surface area contributed by atoms with Crippen LogP contribution in [0.4, 0.5) is 17.5 Å². The van der Waals surface area contributed by atoms with Crippen molar-refractivity contribution in [3.63, 3.8) is 0 Å². The minimum atomic E-state index is 0.581. The second-order valence-electron chi connectivity index (χ2n) is 5.62. The van der Waals surface area contributed by atoms with Crippen molar-refractivity contribution in [2.45, 2.75) is 0 Å². The van der Waals surface area contributed by atoms with Gasteiger partial charge < -0.3 is 15.0 Å². The molecule has 1 fully saturated rings. The van der Waals surface area contributed by atoms with Gasteiger partial charge in [0.2, 0.25) is 5.95 Å². The van der Waals surface area contributed by atoms with Crippen LogP contribution in [0.5, 0.6) is 0 Å². The normalized spacial score (nSPS) is 14.8. The highest BCUT2D eigenvalue weighted by atomic mass is 35.5. The van der Waals surface area contributed by atoms with Crippen molar-refractivity contribution in [3.05, 3.63) is 53.6 Å².